The molecule has 0 aliphatic rings. The maximum atomic E-state index is 6.00. The summed E-state index contributed by atoms with van der Waals surface area (Å²) in [4.78, 5) is 5.68. The standard InChI is InChI=1S/C13H14Cl2N2S/c1-8(16-2)12-7-17-13(18-12)6-9-3-4-10(14)11(15)5-9/h3-5,7-8,16H,6H2,1-2H3. The predicted molar refractivity (Wildman–Crippen MR) is 78.9 cm³/mol. The zero-order chi connectivity index (χ0) is 13.1. The molecule has 2 rings (SSSR count). The van der Waals surface area contributed by atoms with E-state index >= 15 is 0 Å². The van der Waals surface area contributed by atoms with E-state index in [1.54, 1.807) is 11.3 Å². The van der Waals surface area contributed by atoms with Crippen molar-refractivity contribution in [2.45, 2.75) is 19.4 Å². The zero-order valence-electron chi connectivity index (χ0n) is 10.2. The Morgan fingerprint density at radius 3 is 2.78 bits per heavy atom. The second kappa shape index (κ2) is 6.02. The van der Waals surface area contributed by atoms with Crippen molar-refractivity contribution in [3.05, 3.63) is 49.9 Å². The van der Waals surface area contributed by atoms with Crippen LogP contribution in [0.1, 0.15) is 28.4 Å². The minimum atomic E-state index is 0.338. The third-order valence-corrected chi connectivity index (χ3v) is 4.69. The summed E-state index contributed by atoms with van der Waals surface area (Å²) in [5.41, 5.74) is 1.13. The molecule has 1 N–H and O–H groups in total. The highest BCUT2D eigenvalue weighted by atomic mass is 35.5. The Kier molecular flexibility index (Phi) is 4.62. The molecule has 2 aromatic rings. The Morgan fingerprint density at radius 2 is 2.11 bits per heavy atom. The molecule has 5 heteroatoms. The number of aromatic nitrogens is 1. The number of nitrogens with one attached hydrogen (secondary N) is 1. The second-order valence-corrected chi connectivity index (χ2v) is 6.05. The molecule has 18 heavy (non-hydrogen) atoms. The van der Waals surface area contributed by atoms with Crippen LogP contribution in [0, 0.1) is 0 Å². The molecule has 1 heterocycles. The smallest absolute Gasteiger partial charge is 0.0972 e. The Labute approximate surface area is 121 Å². The van der Waals surface area contributed by atoms with Gasteiger partial charge < -0.3 is 5.32 Å². The fraction of sp³-hybridized carbons (Fsp3) is 0.308. The first kappa shape index (κ1) is 13.8. The number of rotatable bonds is 4. The molecule has 1 aromatic carbocycles. The van der Waals surface area contributed by atoms with Crippen LogP contribution >= 0.6 is 34.5 Å². The molecule has 2 nitrogen and oxygen atoms in total. The molecule has 0 bridgehead atoms. The van der Waals surface area contributed by atoms with E-state index in [2.05, 4.69) is 17.2 Å². The molecule has 0 saturated carbocycles. The molecule has 0 spiro atoms. The average Bonchev–Trinajstić information content (AvgIpc) is 2.81. The van der Waals surface area contributed by atoms with Gasteiger partial charge in [-0.25, -0.2) is 4.98 Å². The number of thiazole rings is 1. The summed E-state index contributed by atoms with van der Waals surface area (Å²) >= 11 is 13.6. The van der Waals surface area contributed by atoms with Crippen LogP contribution in [0.2, 0.25) is 10.0 Å². The van der Waals surface area contributed by atoms with Crippen LogP contribution in [0.25, 0.3) is 0 Å². The van der Waals surface area contributed by atoms with Crippen LogP contribution in [0.4, 0.5) is 0 Å². The van der Waals surface area contributed by atoms with Crippen molar-refractivity contribution in [1.82, 2.24) is 10.3 Å². The summed E-state index contributed by atoms with van der Waals surface area (Å²) < 4.78 is 0. The van der Waals surface area contributed by atoms with E-state index in [4.69, 9.17) is 23.2 Å². The fourth-order valence-corrected chi connectivity index (χ4v) is 2.91. The SMILES string of the molecule is CNC(C)c1cnc(Cc2ccc(Cl)c(Cl)c2)s1. The highest BCUT2D eigenvalue weighted by molar-refractivity contribution is 7.11. The van der Waals surface area contributed by atoms with Crippen LogP contribution < -0.4 is 5.32 Å². The largest absolute Gasteiger partial charge is 0.312 e. The third kappa shape index (κ3) is 3.23. The highest BCUT2D eigenvalue weighted by Gasteiger charge is 2.09. The first-order valence-electron chi connectivity index (χ1n) is 5.66. The van der Waals surface area contributed by atoms with Crippen LogP contribution in [-0.2, 0) is 6.42 Å². The molecule has 1 aromatic heterocycles. The van der Waals surface area contributed by atoms with Crippen molar-refractivity contribution < 1.29 is 0 Å². The van der Waals surface area contributed by atoms with E-state index in [0.717, 1.165) is 17.0 Å². The summed E-state index contributed by atoms with van der Waals surface area (Å²) in [7, 11) is 1.95. The van der Waals surface area contributed by atoms with Gasteiger partial charge in [-0.1, -0.05) is 29.3 Å². The number of benzene rings is 1. The summed E-state index contributed by atoms with van der Waals surface area (Å²) in [6.07, 6.45) is 2.72. The number of hydrogen-bond acceptors (Lipinski definition) is 3. The molecule has 96 valence electrons. The van der Waals surface area contributed by atoms with Gasteiger partial charge in [-0.15, -0.1) is 11.3 Å². The summed E-state index contributed by atoms with van der Waals surface area (Å²) in [5, 5.41) is 5.47. The van der Waals surface area contributed by atoms with Crippen LogP contribution in [-0.4, -0.2) is 12.0 Å². The lowest BCUT2D eigenvalue weighted by atomic mass is 10.2. The Morgan fingerprint density at radius 1 is 1.33 bits per heavy atom. The lowest BCUT2D eigenvalue weighted by molar-refractivity contribution is 0.662. The Hall–Kier alpha value is -0.610. The summed E-state index contributed by atoms with van der Waals surface area (Å²) in [6.45, 7) is 2.12. The summed E-state index contributed by atoms with van der Waals surface area (Å²) in [5.74, 6) is 0. The lowest BCUT2D eigenvalue weighted by Crippen LogP contribution is -2.10. The van der Waals surface area contributed by atoms with Gasteiger partial charge in [-0.05, 0) is 31.7 Å². The van der Waals surface area contributed by atoms with Gasteiger partial charge in [-0.3, -0.25) is 0 Å². The van der Waals surface area contributed by atoms with Crippen molar-refractivity contribution >= 4 is 34.5 Å². The molecule has 0 radical (unpaired) electrons. The minimum Gasteiger partial charge on any atom is -0.312 e. The van der Waals surface area contributed by atoms with Gasteiger partial charge in [0.15, 0.2) is 0 Å². The second-order valence-electron chi connectivity index (χ2n) is 4.09. The van der Waals surface area contributed by atoms with Crippen molar-refractivity contribution in [3.63, 3.8) is 0 Å². The van der Waals surface area contributed by atoms with Gasteiger partial charge >= 0.3 is 0 Å². The normalized spacial score (nSPS) is 12.7. The molecular formula is C13H14Cl2N2S. The van der Waals surface area contributed by atoms with Gasteiger partial charge in [0.2, 0.25) is 0 Å². The van der Waals surface area contributed by atoms with Crippen molar-refractivity contribution in [2.75, 3.05) is 7.05 Å². The molecule has 0 aliphatic carbocycles. The zero-order valence-corrected chi connectivity index (χ0v) is 12.5. The van der Waals surface area contributed by atoms with Crippen LogP contribution in [0.5, 0.6) is 0 Å². The monoisotopic (exact) mass is 300 g/mol. The van der Waals surface area contributed by atoms with Gasteiger partial charge in [0.05, 0.1) is 15.1 Å². The van der Waals surface area contributed by atoms with E-state index in [-0.39, 0.29) is 0 Å². The van der Waals surface area contributed by atoms with Gasteiger partial charge in [0.1, 0.15) is 0 Å². The summed E-state index contributed by atoms with van der Waals surface area (Å²) in [6, 6.07) is 6.04. The molecule has 0 fully saturated rings. The molecule has 1 atom stereocenters. The first-order valence-corrected chi connectivity index (χ1v) is 7.23. The molecule has 0 saturated heterocycles. The molecule has 1 unspecified atom stereocenters. The maximum Gasteiger partial charge on any atom is 0.0972 e. The van der Waals surface area contributed by atoms with Gasteiger partial charge in [0, 0.05) is 23.5 Å². The van der Waals surface area contributed by atoms with Gasteiger partial charge in [0.25, 0.3) is 0 Å². The van der Waals surface area contributed by atoms with Crippen molar-refractivity contribution in [3.8, 4) is 0 Å². The lowest BCUT2D eigenvalue weighted by Gasteiger charge is -2.05. The van der Waals surface area contributed by atoms with E-state index in [0.29, 0.717) is 16.1 Å². The quantitative estimate of drug-likeness (QED) is 0.909. The Balaban J connectivity index is 2.13. The number of halogens is 2. The number of hydrogen-bond donors (Lipinski definition) is 1. The highest BCUT2D eigenvalue weighted by Crippen LogP contribution is 2.26. The van der Waals surface area contributed by atoms with Crippen molar-refractivity contribution in [2.24, 2.45) is 0 Å². The molecule has 0 amide bonds. The fourth-order valence-electron chi connectivity index (χ4n) is 1.57. The molecular weight excluding hydrogens is 287 g/mol. The van der Waals surface area contributed by atoms with Crippen LogP contribution in [0.15, 0.2) is 24.4 Å². The predicted octanol–water partition coefficient (Wildman–Crippen LogP) is 4.32. The van der Waals surface area contributed by atoms with Crippen LogP contribution in [0.3, 0.4) is 0 Å². The van der Waals surface area contributed by atoms with E-state index in [1.807, 2.05) is 31.4 Å². The average molecular weight is 301 g/mol. The topological polar surface area (TPSA) is 24.9 Å². The number of nitrogens with zero attached hydrogens (tertiary/aromatic N) is 1. The molecule has 0 aliphatic heterocycles. The van der Waals surface area contributed by atoms with E-state index in [1.165, 1.54) is 4.88 Å². The van der Waals surface area contributed by atoms with Crippen molar-refractivity contribution in [1.29, 1.82) is 0 Å². The van der Waals surface area contributed by atoms with E-state index < -0.39 is 0 Å². The first-order chi connectivity index (χ1) is 8.60. The third-order valence-electron chi connectivity index (χ3n) is 2.77. The van der Waals surface area contributed by atoms with Gasteiger partial charge in [-0.2, -0.15) is 0 Å². The van der Waals surface area contributed by atoms with E-state index in [9.17, 15) is 0 Å². The Bertz CT molecular complexity index is 540. The maximum absolute atomic E-state index is 6.00. The minimum absolute atomic E-state index is 0.338.